The highest BCUT2D eigenvalue weighted by atomic mass is 16.6. The summed E-state index contributed by atoms with van der Waals surface area (Å²) in [6, 6.07) is 1.81. The number of carbonyl (C=O) groups excluding carboxylic acids is 1. The molecule has 2 saturated heterocycles. The molecule has 26 heavy (non-hydrogen) atoms. The van der Waals surface area contributed by atoms with Crippen molar-refractivity contribution in [1.82, 2.24) is 0 Å². The average molecular weight is 362 g/mol. The Morgan fingerprint density at radius 3 is 2.81 bits per heavy atom. The summed E-state index contributed by atoms with van der Waals surface area (Å²) in [5.41, 5.74) is -0.506. The van der Waals surface area contributed by atoms with Crippen molar-refractivity contribution in [3.8, 4) is 0 Å². The number of carboxylic acid groups (broad SMARTS) is 1. The first-order valence-electron chi connectivity index (χ1n) is 9.50. The standard InChI is InChI=1S/C20H26O6/c1-12-5-8-19(2)14(17(21)22)4-3-7-20(19,26-12)15-10-16(25-18(15)23)13-6-9-24-11-13/h6,9,11-12,14-16H,3-5,7-8,10H2,1-2H3,(H,21,22). The molecule has 0 aromatic carbocycles. The van der Waals surface area contributed by atoms with Crippen LogP contribution in [0.4, 0.5) is 0 Å². The lowest BCUT2D eigenvalue weighted by atomic mass is 9.51. The smallest absolute Gasteiger partial charge is 0.312 e. The normalized spacial score (nSPS) is 42.9. The number of furan rings is 1. The maximum atomic E-state index is 12.9. The molecule has 1 aromatic heterocycles. The first-order valence-corrected chi connectivity index (χ1v) is 9.50. The molecule has 142 valence electrons. The summed E-state index contributed by atoms with van der Waals surface area (Å²) in [4.78, 5) is 24.9. The van der Waals surface area contributed by atoms with E-state index in [0.717, 1.165) is 24.8 Å². The summed E-state index contributed by atoms with van der Waals surface area (Å²) in [6.45, 7) is 4.02. The van der Waals surface area contributed by atoms with E-state index >= 15 is 0 Å². The van der Waals surface area contributed by atoms with Crippen molar-refractivity contribution in [1.29, 1.82) is 0 Å². The van der Waals surface area contributed by atoms with Gasteiger partial charge in [-0.1, -0.05) is 6.92 Å². The molecule has 1 N–H and O–H groups in total. The molecule has 0 amide bonds. The average Bonchev–Trinajstić information content (AvgIpc) is 3.24. The van der Waals surface area contributed by atoms with Crippen LogP contribution in [0.2, 0.25) is 0 Å². The molecular weight excluding hydrogens is 336 g/mol. The van der Waals surface area contributed by atoms with E-state index in [0.29, 0.717) is 19.3 Å². The summed E-state index contributed by atoms with van der Waals surface area (Å²) < 4.78 is 17.3. The first-order chi connectivity index (χ1) is 12.4. The van der Waals surface area contributed by atoms with Gasteiger partial charge in [0.1, 0.15) is 6.10 Å². The lowest BCUT2D eigenvalue weighted by molar-refractivity contribution is -0.255. The molecule has 3 heterocycles. The fourth-order valence-electron chi connectivity index (χ4n) is 5.64. The molecule has 2 aliphatic heterocycles. The number of hydrogen-bond donors (Lipinski definition) is 1. The summed E-state index contributed by atoms with van der Waals surface area (Å²) in [6.07, 6.45) is 6.99. The van der Waals surface area contributed by atoms with Gasteiger partial charge in [0.15, 0.2) is 0 Å². The van der Waals surface area contributed by atoms with Gasteiger partial charge in [-0.05, 0) is 45.1 Å². The maximum Gasteiger partial charge on any atom is 0.312 e. The Hall–Kier alpha value is -1.82. The summed E-state index contributed by atoms with van der Waals surface area (Å²) in [7, 11) is 0. The van der Waals surface area contributed by atoms with E-state index in [2.05, 4.69) is 0 Å². The van der Waals surface area contributed by atoms with Crippen molar-refractivity contribution >= 4 is 11.9 Å². The van der Waals surface area contributed by atoms with Gasteiger partial charge in [0.2, 0.25) is 0 Å². The SMILES string of the molecule is CC1CCC2(C)C(C(=O)O)CCCC2(C2CC(c3ccoc3)OC2=O)O1. The molecule has 1 aromatic rings. The summed E-state index contributed by atoms with van der Waals surface area (Å²) in [5, 5.41) is 9.85. The highest BCUT2D eigenvalue weighted by Gasteiger charge is 2.66. The fourth-order valence-corrected chi connectivity index (χ4v) is 5.64. The molecule has 6 nitrogen and oxygen atoms in total. The second-order valence-electron chi connectivity index (χ2n) is 8.33. The second-order valence-corrected chi connectivity index (χ2v) is 8.33. The predicted octanol–water partition coefficient (Wildman–Crippen LogP) is 3.71. The van der Waals surface area contributed by atoms with Crippen LogP contribution in [0.25, 0.3) is 0 Å². The van der Waals surface area contributed by atoms with Crippen LogP contribution in [0.1, 0.15) is 64.0 Å². The Labute approximate surface area is 152 Å². The van der Waals surface area contributed by atoms with Crippen molar-refractivity contribution in [2.45, 2.75) is 70.2 Å². The Balaban J connectivity index is 1.73. The highest BCUT2D eigenvalue weighted by molar-refractivity contribution is 5.78. The van der Waals surface area contributed by atoms with Gasteiger partial charge in [0.05, 0.1) is 36.1 Å². The lowest BCUT2D eigenvalue weighted by Crippen LogP contribution is -2.65. The van der Waals surface area contributed by atoms with Crippen molar-refractivity contribution in [3.63, 3.8) is 0 Å². The van der Waals surface area contributed by atoms with Crippen molar-refractivity contribution in [2.24, 2.45) is 17.3 Å². The zero-order chi connectivity index (χ0) is 18.5. The van der Waals surface area contributed by atoms with E-state index in [1.54, 1.807) is 12.5 Å². The predicted molar refractivity (Wildman–Crippen MR) is 91.2 cm³/mol. The van der Waals surface area contributed by atoms with Gasteiger partial charge in [-0.3, -0.25) is 9.59 Å². The van der Waals surface area contributed by atoms with Gasteiger partial charge < -0.3 is 19.0 Å². The van der Waals surface area contributed by atoms with E-state index in [-0.39, 0.29) is 18.2 Å². The third-order valence-electron chi connectivity index (χ3n) is 7.03. The van der Waals surface area contributed by atoms with Crippen LogP contribution in [0, 0.1) is 17.3 Å². The van der Waals surface area contributed by atoms with E-state index in [4.69, 9.17) is 13.9 Å². The molecule has 6 unspecified atom stereocenters. The number of ether oxygens (including phenoxy) is 2. The molecular formula is C20H26O6. The monoisotopic (exact) mass is 362 g/mol. The van der Waals surface area contributed by atoms with Gasteiger partial charge in [-0.15, -0.1) is 0 Å². The largest absolute Gasteiger partial charge is 0.481 e. The van der Waals surface area contributed by atoms with Crippen molar-refractivity contribution in [2.75, 3.05) is 0 Å². The van der Waals surface area contributed by atoms with Gasteiger partial charge in [-0.2, -0.15) is 0 Å². The Bertz CT molecular complexity index is 697. The van der Waals surface area contributed by atoms with E-state index in [1.807, 2.05) is 19.9 Å². The molecule has 6 heteroatoms. The topological polar surface area (TPSA) is 86.0 Å². The number of hydrogen-bond acceptors (Lipinski definition) is 5. The lowest BCUT2D eigenvalue weighted by Gasteiger charge is -2.60. The molecule has 4 rings (SSSR count). The number of carboxylic acids is 1. The molecule has 0 spiro atoms. The second kappa shape index (κ2) is 6.12. The third-order valence-corrected chi connectivity index (χ3v) is 7.03. The molecule has 3 aliphatic rings. The molecule has 6 atom stereocenters. The molecule has 1 saturated carbocycles. The van der Waals surface area contributed by atoms with Crippen LogP contribution in [-0.2, 0) is 19.1 Å². The number of aliphatic carboxylic acids is 1. The van der Waals surface area contributed by atoms with Gasteiger partial charge in [0, 0.05) is 17.4 Å². The number of esters is 1. The summed E-state index contributed by atoms with van der Waals surface area (Å²) in [5.74, 6) is -2.00. The first kappa shape index (κ1) is 17.6. The Morgan fingerprint density at radius 2 is 2.12 bits per heavy atom. The molecule has 0 radical (unpaired) electrons. The van der Waals surface area contributed by atoms with E-state index in [1.165, 1.54) is 0 Å². The van der Waals surface area contributed by atoms with Crippen LogP contribution in [0.5, 0.6) is 0 Å². The maximum absolute atomic E-state index is 12.9. The minimum Gasteiger partial charge on any atom is -0.481 e. The van der Waals surface area contributed by atoms with Crippen molar-refractivity contribution < 1.29 is 28.6 Å². The van der Waals surface area contributed by atoms with Crippen LogP contribution >= 0.6 is 0 Å². The minimum atomic E-state index is -0.785. The van der Waals surface area contributed by atoms with Crippen LogP contribution in [0.3, 0.4) is 0 Å². The third kappa shape index (κ3) is 2.42. The highest BCUT2D eigenvalue weighted by Crippen LogP contribution is 2.61. The number of rotatable bonds is 3. The molecule has 1 aliphatic carbocycles. The molecule has 0 bridgehead atoms. The summed E-state index contributed by atoms with van der Waals surface area (Å²) >= 11 is 0. The van der Waals surface area contributed by atoms with Crippen LogP contribution in [-0.4, -0.2) is 28.8 Å². The van der Waals surface area contributed by atoms with Crippen LogP contribution < -0.4 is 0 Å². The number of carbonyl (C=O) groups is 2. The van der Waals surface area contributed by atoms with Gasteiger partial charge >= 0.3 is 11.9 Å². The fraction of sp³-hybridized carbons (Fsp3) is 0.700. The Kier molecular flexibility index (Phi) is 4.14. The van der Waals surface area contributed by atoms with Gasteiger partial charge in [-0.25, -0.2) is 0 Å². The number of fused-ring (bicyclic) bond motifs is 1. The van der Waals surface area contributed by atoms with Crippen LogP contribution in [0.15, 0.2) is 23.0 Å². The van der Waals surface area contributed by atoms with Crippen molar-refractivity contribution in [3.05, 3.63) is 24.2 Å². The quantitative estimate of drug-likeness (QED) is 0.825. The van der Waals surface area contributed by atoms with E-state index < -0.39 is 28.8 Å². The molecule has 3 fully saturated rings. The minimum absolute atomic E-state index is 0.0106. The number of cyclic esters (lactones) is 1. The van der Waals surface area contributed by atoms with Gasteiger partial charge in [0.25, 0.3) is 0 Å². The zero-order valence-corrected chi connectivity index (χ0v) is 15.3. The Morgan fingerprint density at radius 1 is 1.31 bits per heavy atom. The van der Waals surface area contributed by atoms with E-state index in [9.17, 15) is 14.7 Å². The zero-order valence-electron chi connectivity index (χ0n) is 15.3.